The molecule has 3 aliphatic rings. The highest BCUT2D eigenvalue weighted by molar-refractivity contribution is 7.90. The van der Waals surface area contributed by atoms with Crippen LogP contribution in [0.3, 0.4) is 0 Å². The molecule has 3 fully saturated rings. The van der Waals surface area contributed by atoms with Crippen LogP contribution in [-0.4, -0.2) is 78.3 Å². The van der Waals surface area contributed by atoms with Crippen molar-refractivity contribution in [2.75, 3.05) is 39.4 Å². The lowest BCUT2D eigenvalue weighted by Crippen LogP contribution is -2.46. The van der Waals surface area contributed by atoms with Gasteiger partial charge in [-0.15, -0.1) is 0 Å². The number of benzene rings is 1. The third-order valence-electron chi connectivity index (χ3n) is 7.83. The third kappa shape index (κ3) is 7.14. The van der Waals surface area contributed by atoms with Crippen LogP contribution in [0.15, 0.2) is 35.6 Å². The Balaban J connectivity index is 1.41. The highest BCUT2D eigenvalue weighted by atomic mass is 32.2. The van der Waals surface area contributed by atoms with Crippen LogP contribution in [0.4, 0.5) is 0 Å². The fourth-order valence-corrected chi connectivity index (χ4v) is 7.42. The molecule has 0 bridgehead atoms. The van der Waals surface area contributed by atoms with Crippen molar-refractivity contribution < 1.29 is 13.2 Å². The fraction of sp³-hybridized carbons (Fsp3) is 0.643. The minimum atomic E-state index is -3.62. The van der Waals surface area contributed by atoms with Crippen molar-refractivity contribution in [3.63, 3.8) is 0 Å². The first-order valence-corrected chi connectivity index (χ1v) is 16.1. The maximum Gasteiger partial charge on any atom is 0.228 e. The standard InChI is InChI=1S/C28H41N5O3S2/c1-22-6-5-7-23(18-22)21-38(34,35)28-29-19-26(33(28)25-8-3-2-4-9-25)20-32(27(37)30-24-10-11-24)13-12-31-14-16-36-17-15-31/h5-7,18-19,24-25H,2-4,8-17,20-21H2,1H3,(H,30,37). The second-order valence-electron chi connectivity index (χ2n) is 11.0. The van der Waals surface area contributed by atoms with Crippen molar-refractivity contribution >= 4 is 27.2 Å². The van der Waals surface area contributed by atoms with E-state index in [1.54, 1.807) is 6.20 Å². The van der Waals surface area contributed by atoms with Crippen LogP contribution >= 0.6 is 12.2 Å². The number of thiocarbonyl (C=S) groups is 1. The van der Waals surface area contributed by atoms with Crippen molar-refractivity contribution in [1.29, 1.82) is 0 Å². The Morgan fingerprint density at radius 1 is 1.16 bits per heavy atom. The molecule has 0 atom stereocenters. The van der Waals surface area contributed by atoms with E-state index >= 15 is 0 Å². The van der Waals surface area contributed by atoms with Gasteiger partial charge in [0.25, 0.3) is 0 Å². The second kappa shape index (κ2) is 12.4. The molecule has 2 aromatic rings. The van der Waals surface area contributed by atoms with Gasteiger partial charge in [0.1, 0.15) is 0 Å². The molecule has 38 heavy (non-hydrogen) atoms. The molecule has 10 heteroatoms. The molecule has 208 valence electrons. The number of imidazole rings is 1. The number of aromatic nitrogens is 2. The Labute approximate surface area is 232 Å². The van der Waals surface area contributed by atoms with Gasteiger partial charge in [-0.2, -0.15) is 0 Å². The van der Waals surface area contributed by atoms with Gasteiger partial charge in [0, 0.05) is 38.3 Å². The zero-order valence-electron chi connectivity index (χ0n) is 22.5. The summed E-state index contributed by atoms with van der Waals surface area (Å²) in [5.74, 6) is -0.0414. The maximum atomic E-state index is 13.7. The molecule has 5 rings (SSSR count). The molecule has 2 heterocycles. The smallest absolute Gasteiger partial charge is 0.228 e. The van der Waals surface area contributed by atoms with E-state index in [0.717, 1.165) is 99.9 Å². The third-order valence-corrected chi connectivity index (χ3v) is 9.78. The Morgan fingerprint density at radius 2 is 1.92 bits per heavy atom. The number of aryl methyl sites for hydroxylation is 1. The van der Waals surface area contributed by atoms with Gasteiger partial charge in [-0.3, -0.25) is 4.90 Å². The fourth-order valence-electron chi connectivity index (χ4n) is 5.57. The van der Waals surface area contributed by atoms with E-state index in [9.17, 15) is 8.42 Å². The first kappa shape index (κ1) is 27.6. The summed E-state index contributed by atoms with van der Waals surface area (Å²) in [6, 6.07) is 8.34. The lowest BCUT2D eigenvalue weighted by Gasteiger charge is -2.32. The summed E-state index contributed by atoms with van der Waals surface area (Å²) in [7, 11) is -3.62. The molecular weight excluding hydrogens is 518 g/mol. The SMILES string of the molecule is Cc1cccc(CS(=O)(=O)c2ncc(CN(CCN3CCOCC3)C(=S)NC3CC3)n2C2CCCCC2)c1. The number of ether oxygens (including phenoxy) is 1. The molecule has 0 unspecified atom stereocenters. The number of hydrogen-bond acceptors (Lipinski definition) is 6. The quantitative estimate of drug-likeness (QED) is 0.440. The van der Waals surface area contributed by atoms with Crippen LogP contribution in [0.2, 0.25) is 0 Å². The van der Waals surface area contributed by atoms with Crippen molar-refractivity contribution in [2.24, 2.45) is 0 Å². The van der Waals surface area contributed by atoms with Crippen LogP contribution in [0.1, 0.15) is 67.8 Å². The number of hydrogen-bond donors (Lipinski definition) is 1. The number of nitrogens with one attached hydrogen (secondary N) is 1. The normalized spacial score (nSPS) is 19.4. The molecule has 1 N–H and O–H groups in total. The maximum absolute atomic E-state index is 13.7. The van der Waals surface area contributed by atoms with E-state index < -0.39 is 9.84 Å². The highest BCUT2D eigenvalue weighted by Gasteiger charge is 2.31. The van der Waals surface area contributed by atoms with Crippen molar-refractivity contribution in [3.8, 4) is 0 Å². The molecule has 0 radical (unpaired) electrons. The Morgan fingerprint density at radius 3 is 2.63 bits per heavy atom. The molecule has 1 aromatic heterocycles. The molecule has 8 nitrogen and oxygen atoms in total. The van der Waals surface area contributed by atoms with Crippen molar-refractivity contribution in [3.05, 3.63) is 47.3 Å². The van der Waals surface area contributed by atoms with Gasteiger partial charge in [-0.05, 0) is 50.4 Å². The Hall–Kier alpha value is -2.01. The molecule has 1 aromatic carbocycles. The van der Waals surface area contributed by atoms with Crippen molar-refractivity contribution in [2.45, 2.75) is 81.4 Å². The minimum Gasteiger partial charge on any atom is -0.379 e. The average molecular weight is 560 g/mol. The summed E-state index contributed by atoms with van der Waals surface area (Å²) >= 11 is 5.86. The highest BCUT2D eigenvalue weighted by Crippen LogP contribution is 2.33. The molecule has 0 spiro atoms. The first-order chi connectivity index (χ1) is 18.4. The Bertz CT molecular complexity index is 1200. The molecule has 1 aliphatic heterocycles. The second-order valence-corrected chi connectivity index (χ2v) is 13.3. The van der Waals surface area contributed by atoms with Gasteiger partial charge in [-0.1, -0.05) is 49.1 Å². The van der Waals surface area contributed by atoms with Crippen LogP contribution < -0.4 is 5.32 Å². The van der Waals surface area contributed by atoms with Gasteiger partial charge in [0.2, 0.25) is 15.0 Å². The van der Waals surface area contributed by atoms with Crippen molar-refractivity contribution in [1.82, 2.24) is 24.7 Å². The summed E-state index contributed by atoms with van der Waals surface area (Å²) in [4.78, 5) is 9.19. The molecule has 2 aliphatic carbocycles. The van der Waals surface area contributed by atoms with Gasteiger partial charge < -0.3 is 19.5 Å². The summed E-state index contributed by atoms with van der Waals surface area (Å²) in [6.45, 7) is 7.60. The molecule has 1 saturated heterocycles. The van der Waals surface area contributed by atoms with Crippen LogP contribution in [0, 0.1) is 6.92 Å². The number of nitrogens with zero attached hydrogens (tertiary/aromatic N) is 4. The summed E-state index contributed by atoms with van der Waals surface area (Å²) in [5.41, 5.74) is 2.79. The predicted octanol–water partition coefficient (Wildman–Crippen LogP) is 3.84. The van der Waals surface area contributed by atoms with E-state index in [0.29, 0.717) is 12.6 Å². The van der Waals surface area contributed by atoms with Gasteiger partial charge in [-0.25, -0.2) is 13.4 Å². The summed E-state index contributed by atoms with van der Waals surface area (Å²) in [6.07, 6.45) is 9.47. The summed E-state index contributed by atoms with van der Waals surface area (Å²) < 4.78 is 35.0. The zero-order valence-corrected chi connectivity index (χ0v) is 24.1. The van der Waals surface area contributed by atoms with E-state index in [1.807, 2.05) is 35.8 Å². The molecule has 2 saturated carbocycles. The van der Waals surface area contributed by atoms with E-state index in [4.69, 9.17) is 17.0 Å². The zero-order chi connectivity index (χ0) is 26.5. The monoisotopic (exact) mass is 559 g/mol. The lowest BCUT2D eigenvalue weighted by atomic mass is 9.95. The van der Waals surface area contributed by atoms with Crippen LogP contribution in [0.25, 0.3) is 0 Å². The number of sulfone groups is 1. The summed E-state index contributed by atoms with van der Waals surface area (Å²) in [5, 5.41) is 4.46. The Kier molecular flexibility index (Phi) is 9.02. The van der Waals surface area contributed by atoms with E-state index in [2.05, 4.69) is 20.1 Å². The van der Waals surface area contributed by atoms with Gasteiger partial charge in [0.05, 0.1) is 37.4 Å². The first-order valence-electron chi connectivity index (χ1n) is 14.1. The van der Waals surface area contributed by atoms with Crippen LogP contribution in [-0.2, 0) is 26.9 Å². The molecular formula is C28H41N5O3S2. The topological polar surface area (TPSA) is 79.7 Å². The lowest BCUT2D eigenvalue weighted by molar-refractivity contribution is 0.0356. The van der Waals surface area contributed by atoms with E-state index in [1.165, 1.54) is 6.42 Å². The van der Waals surface area contributed by atoms with Gasteiger partial charge in [0.15, 0.2) is 5.11 Å². The van der Waals surface area contributed by atoms with Gasteiger partial charge >= 0.3 is 0 Å². The number of morpholine rings is 1. The van der Waals surface area contributed by atoms with Crippen LogP contribution in [0.5, 0.6) is 0 Å². The predicted molar refractivity (Wildman–Crippen MR) is 153 cm³/mol. The largest absolute Gasteiger partial charge is 0.379 e. The number of rotatable bonds is 10. The van der Waals surface area contributed by atoms with E-state index in [-0.39, 0.29) is 17.0 Å². The minimum absolute atomic E-state index is 0.0414. The molecule has 0 amide bonds. The average Bonchev–Trinajstić information content (AvgIpc) is 3.62.